The second kappa shape index (κ2) is 4.59. The van der Waals surface area contributed by atoms with Crippen molar-refractivity contribution >= 4 is 22.6 Å². The first-order valence-corrected chi connectivity index (χ1v) is 6.33. The summed E-state index contributed by atoms with van der Waals surface area (Å²) in [5.74, 6) is 0.264. The number of rotatable bonds is 1. The number of hydrogen-bond donors (Lipinski definition) is 1. The van der Waals surface area contributed by atoms with Crippen LogP contribution in [-0.4, -0.2) is 36.6 Å². The zero-order chi connectivity index (χ0) is 13.4. The monoisotopic (exact) mass is 260 g/mol. The summed E-state index contributed by atoms with van der Waals surface area (Å²) in [5.41, 5.74) is 7.06. The third kappa shape index (κ3) is 2.29. The summed E-state index contributed by atoms with van der Waals surface area (Å²) in [4.78, 5) is 14.1. The molecule has 1 atom stereocenters. The molecule has 0 spiro atoms. The van der Waals surface area contributed by atoms with Gasteiger partial charge in [-0.15, -0.1) is 0 Å². The van der Waals surface area contributed by atoms with Crippen molar-refractivity contribution in [3.05, 3.63) is 30.0 Å². The second-order valence-electron chi connectivity index (χ2n) is 4.84. The van der Waals surface area contributed by atoms with Crippen molar-refractivity contribution in [1.82, 2.24) is 4.90 Å². The van der Waals surface area contributed by atoms with Gasteiger partial charge in [-0.2, -0.15) is 0 Å². The highest BCUT2D eigenvalue weighted by Crippen LogP contribution is 2.23. The number of ether oxygens (including phenoxy) is 1. The van der Waals surface area contributed by atoms with Crippen LogP contribution in [0.3, 0.4) is 0 Å². The fraction of sp³-hybridized carbons (Fsp3) is 0.357. The number of nitrogens with zero attached hydrogens (tertiary/aromatic N) is 1. The van der Waals surface area contributed by atoms with Gasteiger partial charge >= 0.3 is 0 Å². The number of carbonyl (C=O) groups is 1. The molecule has 5 heteroatoms. The topological polar surface area (TPSA) is 68.7 Å². The van der Waals surface area contributed by atoms with Crippen LogP contribution in [0.15, 0.2) is 28.7 Å². The van der Waals surface area contributed by atoms with E-state index in [-0.39, 0.29) is 12.0 Å². The van der Waals surface area contributed by atoms with Gasteiger partial charge in [-0.3, -0.25) is 4.79 Å². The van der Waals surface area contributed by atoms with Crippen molar-refractivity contribution in [1.29, 1.82) is 0 Å². The van der Waals surface area contributed by atoms with Crippen molar-refractivity contribution < 1.29 is 13.9 Å². The van der Waals surface area contributed by atoms with Crippen molar-refractivity contribution in [3.8, 4) is 0 Å². The Bertz CT molecular complexity index is 620. The van der Waals surface area contributed by atoms with Gasteiger partial charge in [0, 0.05) is 24.2 Å². The van der Waals surface area contributed by atoms with E-state index >= 15 is 0 Å². The lowest BCUT2D eigenvalue weighted by atomic mass is 10.2. The number of benzene rings is 1. The summed E-state index contributed by atoms with van der Waals surface area (Å²) in [6.07, 6.45) is 0.0673. The van der Waals surface area contributed by atoms with E-state index in [1.54, 1.807) is 29.2 Å². The molecule has 100 valence electrons. The molecule has 1 saturated heterocycles. The Labute approximate surface area is 110 Å². The molecular weight excluding hydrogens is 244 g/mol. The lowest BCUT2D eigenvalue weighted by molar-refractivity contribution is -0.0134. The van der Waals surface area contributed by atoms with Crippen LogP contribution in [0.2, 0.25) is 0 Å². The van der Waals surface area contributed by atoms with Crippen LogP contribution < -0.4 is 5.73 Å². The van der Waals surface area contributed by atoms with Crippen molar-refractivity contribution in [2.24, 2.45) is 0 Å². The minimum absolute atomic E-state index is 0.0673. The average molecular weight is 260 g/mol. The quantitative estimate of drug-likeness (QED) is 0.795. The van der Waals surface area contributed by atoms with Crippen molar-refractivity contribution in [2.75, 3.05) is 25.4 Å². The first-order valence-electron chi connectivity index (χ1n) is 6.33. The maximum atomic E-state index is 12.3. The van der Waals surface area contributed by atoms with E-state index in [0.717, 1.165) is 5.39 Å². The first kappa shape index (κ1) is 12.0. The maximum absolute atomic E-state index is 12.3. The third-order valence-electron chi connectivity index (χ3n) is 3.28. The van der Waals surface area contributed by atoms with Gasteiger partial charge in [-0.05, 0) is 31.2 Å². The minimum atomic E-state index is -0.0927. The summed E-state index contributed by atoms with van der Waals surface area (Å²) >= 11 is 0. The highest BCUT2D eigenvalue weighted by atomic mass is 16.5. The highest BCUT2D eigenvalue weighted by molar-refractivity contribution is 5.96. The summed E-state index contributed by atoms with van der Waals surface area (Å²) in [7, 11) is 0. The fourth-order valence-electron chi connectivity index (χ4n) is 2.33. The summed E-state index contributed by atoms with van der Waals surface area (Å²) in [6.45, 7) is 3.72. The number of nitrogens with two attached hydrogens (primary N) is 1. The Hall–Kier alpha value is -2.01. The molecule has 1 amide bonds. The fourth-order valence-corrected chi connectivity index (χ4v) is 2.33. The Morgan fingerprint density at radius 2 is 2.26 bits per heavy atom. The zero-order valence-corrected chi connectivity index (χ0v) is 10.8. The molecule has 19 heavy (non-hydrogen) atoms. The molecule has 0 radical (unpaired) electrons. The van der Waals surface area contributed by atoms with E-state index in [0.29, 0.717) is 36.7 Å². The molecular formula is C14H16N2O3. The van der Waals surface area contributed by atoms with E-state index in [4.69, 9.17) is 14.9 Å². The van der Waals surface area contributed by atoms with Crippen molar-refractivity contribution in [2.45, 2.75) is 13.0 Å². The Balaban J connectivity index is 1.88. The van der Waals surface area contributed by atoms with Gasteiger partial charge in [0.1, 0.15) is 5.58 Å². The number of amides is 1. The molecule has 1 unspecified atom stereocenters. The Morgan fingerprint density at radius 1 is 1.42 bits per heavy atom. The van der Waals surface area contributed by atoms with Gasteiger partial charge < -0.3 is 19.8 Å². The molecule has 5 nitrogen and oxygen atoms in total. The molecule has 1 aromatic carbocycles. The molecule has 1 aliphatic heterocycles. The number of nitrogen functional groups attached to an aromatic ring is 1. The largest absolute Gasteiger partial charge is 0.451 e. The molecule has 0 bridgehead atoms. The predicted octanol–water partition coefficient (Wildman–Crippen LogP) is 1.88. The van der Waals surface area contributed by atoms with Gasteiger partial charge in [0.15, 0.2) is 5.76 Å². The van der Waals surface area contributed by atoms with Crippen LogP contribution in [0, 0.1) is 0 Å². The van der Waals surface area contributed by atoms with Crippen LogP contribution in [-0.2, 0) is 4.74 Å². The lowest BCUT2D eigenvalue weighted by Gasteiger charge is -2.30. The SMILES string of the molecule is CC1CN(C(=O)c2cc3cc(N)ccc3o2)CCO1. The molecule has 0 saturated carbocycles. The normalized spacial score (nSPS) is 19.8. The second-order valence-corrected chi connectivity index (χ2v) is 4.84. The summed E-state index contributed by atoms with van der Waals surface area (Å²) < 4.78 is 11.0. The summed E-state index contributed by atoms with van der Waals surface area (Å²) in [5, 5.41) is 0.852. The van der Waals surface area contributed by atoms with E-state index < -0.39 is 0 Å². The molecule has 2 N–H and O–H groups in total. The van der Waals surface area contributed by atoms with Gasteiger partial charge in [0.05, 0.1) is 12.7 Å². The zero-order valence-electron chi connectivity index (χ0n) is 10.8. The molecule has 0 aliphatic carbocycles. The van der Waals surface area contributed by atoms with Crippen LogP contribution in [0.1, 0.15) is 17.5 Å². The Morgan fingerprint density at radius 3 is 3.05 bits per heavy atom. The molecule has 2 aromatic rings. The van der Waals surface area contributed by atoms with Gasteiger partial charge in [0.2, 0.25) is 0 Å². The van der Waals surface area contributed by atoms with Gasteiger partial charge in [0.25, 0.3) is 5.91 Å². The standard InChI is InChI=1S/C14H16N2O3/c1-9-8-16(4-5-18-9)14(17)13-7-10-6-11(15)2-3-12(10)19-13/h2-3,6-7,9H,4-5,8,15H2,1H3. The third-order valence-corrected chi connectivity index (χ3v) is 3.28. The smallest absolute Gasteiger partial charge is 0.289 e. The average Bonchev–Trinajstić information content (AvgIpc) is 2.80. The first-order chi connectivity index (χ1) is 9.13. The van der Waals surface area contributed by atoms with Crippen LogP contribution >= 0.6 is 0 Å². The number of morpholine rings is 1. The Kier molecular flexibility index (Phi) is 2.91. The number of fused-ring (bicyclic) bond motifs is 1. The van der Waals surface area contributed by atoms with E-state index in [1.807, 2.05) is 6.92 Å². The molecule has 3 rings (SSSR count). The summed E-state index contributed by atoms with van der Waals surface area (Å²) in [6, 6.07) is 7.09. The highest BCUT2D eigenvalue weighted by Gasteiger charge is 2.24. The van der Waals surface area contributed by atoms with Gasteiger partial charge in [-0.25, -0.2) is 0 Å². The van der Waals surface area contributed by atoms with Gasteiger partial charge in [-0.1, -0.05) is 0 Å². The van der Waals surface area contributed by atoms with Crippen LogP contribution in [0.25, 0.3) is 11.0 Å². The number of anilines is 1. The molecule has 1 aliphatic rings. The van der Waals surface area contributed by atoms with E-state index in [9.17, 15) is 4.79 Å². The maximum Gasteiger partial charge on any atom is 0.289 e. The van der Waals surface area contributed by atoms with Crippen molar-refractivity contribution in [3.63, 3.8) is 0 Å². The van der Waals surface area contributed by atoms with Crippen LogP contribution in [0.4, 0.5) is 5.69 Å². The number of carbonyl (C=O) groups excluding carboxylic acids is 1. The number of furan rings is 1. The van der Waals surface area contributed by atoms with E-state index in [2.05, 4.69) is 0 Å². The predicted molar refractivity (Wildman–Crippen MR) is 71.9 cm³/mol. The van der Waals surface area contributed by atoms with Crippen LogP contribution in [0.5, 0.6) is 0 Å². The molecule has 1 fully saturated rings. The molecule has 2 heterocycles. The lowest BCUT2D eigenvalue weighted by Crippen LogP contribution is -2.44. The molecule has 1 aromatic heterocycles. The minimum Gasteiger partial charge on any atom is -0.451 e. The van der Waals surface area contributed by atoms with E-state index in [1.165, 1.54) is 0 Å². The number of hydrogen-bond acceptors (Lipinski definition) is 4.